The number of benzene rings is 2. The molecule has 1 aliphatic rings. The monoisotopic (exact) mass is 345 g/mol. The van der Waals surface area contributed by atoms with Crippen LogP contribution in [0.5, 0.6) is 17.2 Å². The second-order valence-corrected chi connectivity index (χ2v) is 5.93. The predicted octanol–water partition coefficient (Wildman–Crippen LogP) is 4.74. The summed E-state index contributed by atoms with van der Waals surface area (Å²) in [6.07, 6.45) is 0. The van der Waals surface area contributed by atoms with E-state index < -0.39 is 5.82 Å². The average Bonchev–Trinajstić information content (AvgIpc) is 3.04. The number of hydrogen-bond donors (Lipinski definition) is 0. The zero-order valence-corrected chi connectivity index (χ0v) is 13.8. The minimum absolute atomic E-state index is 0.0508. The van der Waals surface area contributed by atoms with Crippen LogP contribution in [-0.4, -0.2) is 18.9 Å². The molecule has 0 saturated heterocycles. The number of fused-ring (bicyclic) bond motifs is 2. The Hall–Kier alpha value is -2.53. The lowest BCUT2D eigenvalue weighted by atomic mass is 10.0. The molecule has 6 heteroatoms. The van der Waals surface area contributed by atoms with Gasteiger partial charge >= 0.3 is 0 Å². The van der Waals surface area contributed by atoms with Crippen LogP contribution in [0.1, 0.15) is 5.56 Å². The Balaban J connectivity index is 1.92. The van der Waals surface area contributed by atoms with E-state index in [4.69, 9.17) is 25.8 Å². The van der Waals surface area contributed by atoms with Crippen LogP contribution < -0.4 is 14.2 Å². The molecule has 0 amide bonds. The normalized spacial score (nSPS) is 12.7. The summed E-state index contributed by atoms with van der Waals surface area (Å²) in [5.41, 5.74) is 3.08. The highest BCUT2D eigenvalue weighted by atomic mass is 35.5. The summed E-state index contributed by atoms with van der Waals surface area (Å²) in [6.45, 7) is 2.07. The van der Waals surface area contributed by atoms with E-state index in [1.165, 1.54) is 12.1 Å². The van der Waals surface area contributed by atoms with Gasteiger partial charge in [0.1, 0.15) is 5.82 Å². The summed E-state index contributed by atoms with van der Waals surface area (Å²) >= 11 is 5.89. The molecule has 0 atom stereocenters. The van der Waals surface area contributed by atoms with Gasteiger partial charge in [-0.05, 0) is 42.8 Å². The molecular weight excluding hydrogens is 333 g/mol. The van der Waals surface area contributed by atoms with Crippen LogP contribution in [0.15, 0.2) is 30.3 Å². The van der Waals surface area contributed by atoms with E-state index in [0.717, 1.165) is 22.2 Å². The molecule has 0 unspecified atom stereocenters. The molecule has 0 radical (unpaired) electrons. The molecule has 4 rings (SSSR count). The third-order valence-corrected chi connectivity index (χ3v) is 4.30. The fraction of sp³-hybridized carbons (Fsp3) is 0.167. The molecule has 2 heterocycles. The van der Waals surface area contributed by atoms with Gasteiger partial charge in [0.05, 0.1) is 23.3 Å². The Bertz CT molecular complexity index is 974. The van der Waals surface area contributed by atoms with E-state index in [9.17, 15) is 4.39 Å². The van der Waals surface area contributed by atoms with Crippen LogP contribution >= 0.6 is 11.6 Å². The molecule has 4 nitrogen and oxygen atoms in total. The maximum Gasteiger partial charge on any atom is 0.231 e. The first kappa shape index (κ1) is 15.0. The summed E-state index contributed by atoms with van der Waals surface area (Å²) in [7, 11) is 1.57. The number of aromatic nitrogens is 1. The number of methoxy groups -OCH3 is 1. The van der Waals surface area contributed by atoms with Gasteiger partial charge in [0, 0.05) is 10.9 Å². The second kappa shape index (κ2) is 5.53. The van der Waals surface area contributed by atoms with Gasteiger partial charge in [0.25, 0.3) is 0 Å². The van der Waals surface area contributed by atoms with Crippen LogP contribution in [0.4, 0.5) is 4.39 Å². The summed E-state index contributed by atoms with van der Waals surface area (Å²) in [5.74, 6) is 1.33. The largest absolute Gasteiger partial charge is 0.493 e. The van der Waals surface area contributed by atoms with Crippen molar-refractivity contribution in [2.24, 2.45) is 0 Å². The maximum absolute atomic E-state index is 13.7. The van der Waals surface area contributed by atoms with Gasteiger partial charge in [-0.15, -0.1) is 0 Å². The smallest absolute Gasteiger partial charge is 0.231 e. The zero-order chi connectivity index (χ0) is 16.8. The Morgan fingerprint density at radius 1 is 1.17 bits per heavy atom. The Morgan fingerprint density at radius 3 is 2.79 bits per heavy atom. The fourth-order valence-electron chi connectivity index (χ4n) is 2.81. The topological polar surface area (TPSA) is 40.6 Å². The lowest BCUT2D eigenvalue weighted by Crippen LogP contribution is -1.93. The molecule has 2 aromatic carbocycles. The van der Waals surface area contributed by atoms with Crippen molar-refractivity contribution < 1.29 is 18.6 Å². The van der Waals surface area contributed by atoms with Gasteiger partial charge in [-0.3, -0.25) is 0 Å². The van der Waals surface area contributed by atoms with Crippen LogP contribution in [-0.2, 0) is 0 Å². The highest BCUT2D eigenvalue weighted by Crippen LogP contribution is 2.44. The third kappa shape index (κ3) is 2.32. The molecule has 0 saturated carbocycles. The number of ether oxygens (including phenoxy) is 3. The van der Waals surface area contributed by atoms with Crippen LogP contribution in [0.25, 0.3) is 22.2 Å². The molecule has 0 fully saturated rings. The van der Waals surface area contributed by atoms with Crippen molar-refractivity contribution in [3.8, 4) is 28.5 Å². The minimum atomic E-state index is -0.452. The van der Waals surface area contributed by atoms with Gasteiger partial charge in [-0.1, -0.05) is 11.6 Å². The summed E-state index contributed by atoms with van der Waals surface area (Å²) in [6, 6.07) is 8.53. The summed E-state index contributed by atoms with van der Waals surface area (Å²) in [4.78, 5) is 4.61. The average molecular weight is 346 g/mol. The SMILES string of the molecule is COc1cc(-c2cc(C)c3cc(F)c(Cl)cc3n2)cc2c1OCO2. The van der Waals surface area contributed by atoms with Gasteiger partial charge in [0.15, 0.2) is 11.5 Å². The van der Waals surface area contributed by atoms with Gasteiger partial charge < -0.3 is 14.2 Å². The minimum Gasteiger partial charge on any atom is -0.493 e. The van der Waals surface area contributed by atoms with Crippen LogP contribution in [0, 0.1) is 12.7 Å². The molecule has 1 aliphatic heterocycles. The first-order valence-electron chi connectivity index (χ1n) is 7.31. The molecule has 0 N–H and O–H groups in total. The van der Waals surface area contributed by atoms with Crippen molar-refractivity contribution >= 4 is 22.5 Å². The zero-order valence-electron chi connectivity index (χ0n) is 13.0. The molecule has 0 aliphatic carbocycles. The molecular formula is C18H13ClFNO3. The van der Waals surface area contributed by atoms with Crippen LogP contribution in [0.2, 0.25) is 5.02 Å². The number of rotatable bonds is 2. The van der Waals surface area contributed by atoms with Gasteiger partial charge in [0.2, 0.25) is 12.5 Å². The predicted molar refractivity (Wildman–Crippen MR) is 89.6 cm³/mol. The lowest BCUT2D eigenvalue weighted by molar-refractivity contribution is 0.171. The molecule has 122 valence electrons. The van der Waals surface area contributed by atoms with E-state index in [1.54, 1.807) is 7.11 Å². The van der Waals surface area contributed by atoms with E-state index in [-0.39, 0.29) is 11.8 Å². The molecule has 3 aromatic rings. The fourth-order valence-corrected chi connectivity index (χ4v) is 2.97. The molecule has 1 aromatic heterocycles. The Morgan fingerprint density at radius 2 is 2.00 bits per heavy atom. The molecule has 0 spiro atoms. The van der Waals surface area contributed by atoms with Crippen molar-refractivity contribution in [2.45, 2.75) is 6.92 Å². The van der Waals surface area contributed by atoms with Gasteiger partial charge in [-0.25, -0.2) is 9.37 Å². The highest BCUT2D eigenvalue weighted by Gasteiger charge is 2.21. The lowest BCUT2D eigenvalue weighted by Gasteiger charge is -2.10. The van der Waals surface area contributed by atoms with E-state index in [2.05, 4.69) is 4.98 Å². The van der Waals surface area contributed by atoms with Crippen molar-refractivity contribution in [2.75, 3.05) is 13.9 Å². The highest BCUT2D eigenvalue weighted by molar-refractivity contribution is 6.31. The first-order valence-corrected chi connectivity index (χ1v) is 7.69. The summed E-state index contributed by atoms with van der Waals surface area (Å²) < 4.78 is 29.9. The maximum atomic E-state index is 13.7. The van der Waals surface area contributed by atoms with Crippen molar-refractivity contribution in [1.82, 2.24) is 4.98 Å². The Labute approximate surface area is 142 Å². The number of halogens is 2. The van der Waals surface area contributed by atoms with E-state index in [0.29, 0.717) is 22.8 Å². The number of pyridine rings is 1. The van der Waals surface area contributed by atoms with Crippen molar-refractivity contribution in [1.29, 1.82) is 0 Å². The van der Waals surface area contributed by atoms with Crippen LogP contribution in [0.3, 0.4) is 0 Å². The third-order valence-electron chi connectivity index (χ3n) is 4.01. The number of aryl methyl sites for hydroxylation is 1. The molecule has 24 heavy (non-hydrogen) atoms. The molecule has 0 bridgehead atoms. The Kier molecular flexibility index (Phi) is 3.46. The van der Waals surface area contributed by atoms with E-state index >= 15 is 0 Å². The van der Waals surface area contributed by atoms with Crippen molar-refractivity contribution in [3.05, 3.63) is 46.7 Å². The summed E-state index contributed by atoms with van der Waals surface area (Å²) in [5, 5.41) is 0.781. The first-order chi connectivity index (χ1) is 11.6. The van der Waals surface area contributed by atoms with Crippen molar-refractivity contribution in [3.63, 3.8) is 0 Å². The number of hydrogen-bond acceptors (Lipinski definition) is 4. The number of nitrogens with zero attached hydrogens (tertiary/aromatic N) is 1. The quantitative estimate of drug-likeness (QED) is 0.672. The second-order valence-electron chi connectivity index (χ2n) is 5.52. The van der Waals surface area contributed by atoms with Gasteiger partial charge in [-0.2, -0.15) is 0 Å². The standard InChI is InChI=1S/C18H13ClFNO3/c1-9-3-14(21-15-7-12(19)13(20)6-11(9)15)10-4-16(22-2)18-17(5-10)23-8-24-18/h3-7H,8H2,1-2H3. The van der Waals surface area contributed by atoms with E-state index in [1.807, 2.05) is 25.1 Å².